The second-order valence-corrected chi connectivity index (χ2v) is 7.68. The first-order chi connectivity index (χ1) is 14.6. The highest BCUT2D eigenvalue weighted by Crippen LogP contribution is 2.24. The van der Waals surface area contributed by atoms with Crippen molar-refractivity contribution in [3.63, 3.8) is 0 Å². The lowest BCUT2D eigenvalue weighted by atomic mass is 10.1. The summed E-state index contributed by atoms with van der Waals surface area (Å²) in [7, 11) is 0. The van der Waals surface area contributed by atoms with Crippen LogP contribution < -0.4 is 15.5 Å². The number of benzene rings is 2. The van der Waals surface area contributed by atoms with Crippen LogP contribution in [0.3, 0.4) is 0 Å². The summed E-state index contributed by atoms with van der Waals surface area (Å²) in [5.41, 5.74) is 1.87. The number of carbonyl (C=O) groups excluding carboxylic acids is 2. The SMILES string of the molecule is O=C(Nc1ccc(N2CCOCC2)c(F)c1)c1ccc(NC(=O)c2cccs2)cc1. The quantitative estimate of drug-likeness (QED) is 0.642. The van der Waals surface area contributed by atoms with Crippen molar-refractivity contribution in [3.05, 3.63) is 76.2 Å². The van der Waals surface area contributed by atoms with Crippen molar-refractivity contribution in [3.8, 4) is 0 Å². The molecule has 0 radical (unpaired) electrons. The maximum Gasteiger partial charge on any atom is 0.265 e. The molecule has 2 aromatic carbocycles. The number of carbonyl (C=O) groups is 2. The fourth-order valence-corrected chi connectivity index (χ4v) is 3.77. The summed E-state index contributed by atoms with van der Waals surface area (Å²) in [4.78, 5) is 27.1. The fraction of sp³-hybridized carbons (Fsp3) is 0.182. The van der Waals surface area contributed by atoms with E-state index in [1.807, 2.05) is 16.3 Å². The molecule has 154 valence electrons. The number of nitrogens with zero attached hydrogens (tertiary/aromatic N) is 1. The first-order valence-corrected chi connectivity index (χ1v) is 10.4. The van der Waals surface area contributed by atoms with Gasteiger partial charge in [-0.3, -0.25) is 9.59 Å². The predicted molar refractivity (Wildman–Crippen MR) is 116 cm³/mol. The Balaban J connectivity index is 1.38. The zero-order chi connectivity index (χ0) is 20.9. The van der Waals surface area contributed by atoms with Gasteiger partial charge in [0, 0.05) is 30.0 Å². The third-order valence-corrected chi connectivity index (χ3v) is 5.58. The zero-order valence-electron chi connectivity index (χ0n) is 16.1. The standard InChI is InChI=1S/C22H20FN3O3S/c23-18-14-17(7-8-19(18)26-9-11-29-12-10-26)25-21(27)15-3-5-16(6-4-15)24-22(28)20-2-1-13-30-20/h1-8,13-14H,9-12H2,(H,24,28)(H,25,27). The van der Waals surface area contributed by atoms with Crippen molar-refractivity contribution in [2.24, 2.45) is 0 Å². The number of amides is 2. The van der Waals surface area contributed by atoms with Crippen molar-refractivity contribution in [1.82, 2.24) is 0 Å². The highest BCUT2D eigenvalue weighted by Gasteiger charge is 2.16. The number of hydrogen-bond acceptors (Lipinski definition) is 5. The molecule has 6 nitrogen and oxygen atoms in total. The summed E-state index contributed by atoms with van der Waals surface area (Å²) in [5.74, 6) is -0.941. The Morgan fingerprint density at radius 2 is 1.63 bits per heavy atom. The average molecular weight is 425 g/mol. The van der Waals surface area contributed by atoms with Crippen molar-refractivity contribution in [1.29, 1.82) is 0 Å². The van der Waals surface area contributed by atoms with E-state index in [4.69, 9.17) is 4.74 Å². The minimum Gasteiger partial charge on any atom is -0.378 e. The van der Waals surface area contributed by atoms with Crippen molar-refractivity contribution in [2.45, 2.75) is 0 Å². The van der Waals surface area contributed by atoms with Gasteiger partial charge in [-0.05, 0) is 53.9 Å². The summed E-state index contributed by atoms with van der Waals surface area (Å²) < 4.78 is 19.8. The summed E-state index contributed by atoms with van der Waals surface area (Å²) in [6, 6.07) is 14.7. The zero-order valence-corrected chi connectivity index (χ0v) is 16.9. The van der Waals surface area contributed by atoms with Gasteiger partial charge in [0.2, 0.25) is 0 Å². The predicted octanol–water partition coefficient (Wildman–Crippen LogP) is 4.23. The molecular weight excluding hydrogens is 405 g/mol. The first-order valence-electron chi connectivity index (χ1n) is 9.49. The topological polar surface area (TPSA) is 70.7 Å². The molecule has 1 aliphatic heterocycles. The van der Waals surface area contributed by atoms with Crippen LogP contribution in [0.15, 0.2) is 60.0 Å². The second kappa shape index (κ2) is 9.06. The Morgan fingerprint density at radius 3 is 2.30 bits per heavy atom. The number of thiophene rings is 1. The number of ether oxygens (including phenoxy) is 1. The third kappa shape index (κ3) is 4.67. The van der Waals surface area contributed by atoms with E-state index >= 15 is 0 Å². The molecule has 0 saturated carbocycles. The number of hydrogen-bond donors (Lipinski definition) is 2. The molecule has 0 aliphatic carbocycles. The van der Waals surface area contributed by atoms with Crippen molar-refractivity contribution >= 4 is 40.2 Å². The van der Waals surface area contributed by atoms with E-state index in [2.05, 4.69) is 10.6 Å². The lowest BCUT2D eigenvalue weighted by Gasteiger charge is -2.29. The van der Waals surface area contributed by atoms with Crippen molar-refractivity contribution < 1.29 is 18.7 Å². The summed E-state index contributed by atoms with van der Waals surface area (Å²) in [5, 5.41) is 7.32. The van der Waals surface area contributed by atoms with Gasteiger partial charge >= 0.3 is 0 Å². The fourth-order valence-electron chi connectivity index (χ4n) is 3.15. The van der Waals surface area contributed by atoms with Crippen molar-refractivity contribution in [2.75, 3.05) is 41.8 Å². The molecular formula is C22H20FN3O3S. The lowest BCUT2D eigenvalue weighted by molar-refractivity contribution is 0.102. The molecule has 8 heteroatoms. The molecule has 2 heterocycles. The Bertz CT molecular complexity index is 1030. The van der Waals surface area contributed by atoms with E-state index in [1.165, 1.54) is 17.4 Å². The van der Waals surface area contributed by atoms with Gasteiger partial charge in [-0.1, -0.05) is 6.07 Å². The van der Waals surface area contributed by atoms with Crippen LogP contribution in [0.25, 0.3) is 0 Å². The van der Waals surface area contributed by atoms with Gasteiger partial charge < -0.3 is 20.3 Å². The molecule has 1 aliphatic rings. The van der Waals surface area contributed by atoms with Gasteiger partial charge in [0.05, 0.1) is 23.8 Å². The van der Waals surface area contributed by atoms with Gasteiger partial charge in [0.25, 0.3) is 11.8 Å². The third-order valence-electron chi connectivity index (χ3n) is 4.71. The van der Waals surface area contributed by atoms with Gasteiger partial charge in [0.15, 0.2) is 0 Å². The van der Waals surface area contributed by atoms with Crippen LogP contribution in [0.2, 0.25) is 0 Å². The van der Waals surface area contributed by atoms with Crippen LogP contribution in [-0.2, 0) is 4.74 Å². The molecule has 3 aromatic rings. The Labute approximate surface area is 177 Å². The molecule has 1 fully saturated rings. The monoisotopic (exact) mass is 425 g/mol. The molecule has 1 aromatic heterocycles. The molecule has 4 rings (SSSR count). The Morgan fingerprint density at radius 1 is 0.933 bits per heavy atom. The number of rotatable bonds is 5. The smallest absolute Gasteiger partial charge is 0.265 e. The molecule has 30 heavy (non-hydrogen) atoms. The number of anilines is 3. The molecule has 0 bridgehead atoms. The van der Waals surface area contributed by atoms with E-state index in [-0.39, 0.29) is 17.6 Å². The largest absolute Gasteiger partial charge is 0.378 e. The van der Waals surface area contributed by atoms with E-state index in [1.54, 1.807) is 42.5 Å². The first kappa shape index (κ1) is 20.1. The van der Waals surface area contributed by atoms with Crippen LogP contribution in [0.1, 0.15) is 20.0 Å². The van der Waals surface area contributed by atoms with E-state index in [0.29, 0.717) is 53.8 Å². The molecule has 1 saturated heterocycles. The van der Waals surface area contributed by atoms with Crippen LogP contribution in [0.4, 0.5) is 21.5 Å². The van der Waals surface area contributed by atoms with Crippen LogP contribution >= 0.6 is 11.3 Å². The molecule has 2 N–H and O–H groups in total. The highest BCUT2D eigenvalue weighted by atomic mass is 32.1. The maximum absolute atomic E-state index is 14.5. The van der Waals surface area contributed by atoms with E-state index < -0.39 is 0 Å². The van der Waals surface area contributed by atoms with Gasteiger partial charge in [-0.15, -0.1) is 11.3 Å². The number of halogens is 1. The summed E-state index contributed by atoms with van der Waals surface area (Å²) >= 11 is 1.35. The minimum atomic E-state index is -0.388. The second-order valence-electron chi connectivity index (χ2n) is 6.73. The van der Waals surface area contributed by atoms with Crippen LogP contribution in [0, 0.1) is 5.82 Å². The van der Waals surface area contributed by atoms with Crippen LogP contribution in [0.5, 0.6) is 0 Å². The highest BCUT2D eigenvalue weighted by molar-refractivity contribution is 7.12. The van der Waals surface area contributed by atoms with E-state index in [0.717, 1.165) is 0 Å². The molecule has 0 unspecified atom stereocenters. The maximum atomic E-state index is 14.5. The van der Waals surface area contributed by atoms with E-state index in [9.17, 15) is 14.0 Å². The van der Waals surface area contributed by atoms with Gasteiger partial charge in [0.1, 0.15) is 5.82 Å². The Hall–Kier alpha value is -3.23. The van der Waals surface area contributed by atoms with Crippen LogP contribution in [-0.4, -0.2) is 38.1 Å². The number of nitrogens with one attached hydrogen (secondary N) is 2. The number of morpholine rings is 1. The molecule has 0 atom stereocenters. The normalized spacial score (nSPS) is 13.7. The van der Waals surface area contributed by atoms with Gasteiger partial charge in [-0.2, -0.15) is 0 Å². The minimum absolute atomic E-state index is 0.196. The average Bonchev–Trinajstić information content (AvgIpc) is 3.30. The lowest BCUT2D eigenvalue weighted by Crippen LogP contribution is -2.36. The van der Waals surface area contributed by atoms with Gasteiger partial charge in [-0.25, -0.2) is 4.39 Å². The summed E-state index contributed by atoms with van der Waals surface area (Å²) in [6.07, 6.45) is 0. The Kier molecular flexibility index (Phi) is 6.06. The molecule has 0 spiro atoms. The summed E-state index contributed by atoms with van der Waals surface area (Å²) in [6.45, 7) is 2.42. The molecule has 2 amide bonds.